The summed E-state index contributed by atoms with van der Waals surface area (Å²) in [5.41, 5.74) is 0.407. The molecule has 2 aromatic carbocycles. The van der Waals surface area contributed by atoms with Gasteiger partial charge in [-0.2, -0.15) is 0 Å². The number of fused-ring (bicyclic) bond motifs is 1. The van der Waals surface area contributed by atoms with Gasteiger partial charge in [0, 0.05) is 31.2 Å². The molecule has 0 atom stereocenters. The minimum atomic E-state index is -0.761. The third-order valence-electron chi connectivity index (χ3n) is 6.34. The Balaban J connectivity index is 1.37. The molecule has 184 valence electrons. The van der Waals surface area contributed by atoms with Crippen LogP contribution in [0.4, 0.5) is 0 Å². The number of hydrogen-bond acceptors (Lipinski definition) is 5. The fourth-order valence-electron chi connectivity index (χ4n) is 4.41. The van der Waals surface area contributed by atoms with Crippen LogP contribution in [0.3, 0.4) is 0 Å². The standard InChI is InChI=1S/C26H23ClN4O5/c27-19-9-7-18(8-10-19)16-30-20-4-1-2-5-21(20)31(26(35)25(30)34)17-23(32)28-11-13-29(14-12-28)24(33)22-6-3-15-36-22/h1-10,15H,11-14,16-17H2. The zero-order valence-corrected chi connectivity index (χ0v) is 20.1. The van der Waals surface area contributed by atoms with Crippen molar-refractivity contribution in [2.45, 2.75) is 13.1 Å². The number of rotatable bonds is 5. The molecule has 1 aliphatic heterocycles. The summed E-state index contributed by atoms with van der Waals surface area (Å²) >= 11 is 5.96. The lowest BCUT2D eigenvalue weighted by molar-refractivity contribution is -0.133. The highest BCUT2D eigenvalue weighted by atomic mass is 35.5. The molecule has 0 unspecified atom stereocenters. The van der Waals surface area contributed by atoms with Gasteiger partial charge in [-0.15, -0.1) is 0 Å². The Morgan fingerprint density at radius 2 is 1.39 bits per heavy atom. The van der Waals surface area contributed by atoms with Gasteiger partial charge in [-0.05, 0) is 42.0 Å². The molecule has 36 heavy (non-hydrogen) atoms. The number of nitrogens with zero attached hydrogens (tertiary/aromatic N) is 4. The Morgan fingerprint density at radius 3 is 2.03 bits per heavy atom. The third kappa shape index (κ3) is 4.57. The molecule has 0 bridgehead atoms. The van der Waals surface area contributed by atoms with Crippen LogP contribution < -0.4 is 11.1 Å². The average molecular weight is 507 g/mol. The number of carbonyl (C=O) groups is 2. The van der Waals surface area contributed by atoms with E-state index < -0.39 is 11.1 Å². The number of hydrogen-bond donors (Lipinski definition) is 0. The molecule has 0 radical (unpaired) electrons. The highest BCUT2D eigenvalue weighted by Crippen LogP contribution is 2.15. The van der Waals surface area contributed by atoms with Gasteiger partial charge in [0.05, 0.1) is 23.8 Å². The van der Waals surface area contributed by atoms with Crippen LogP contribution in [0.5, 0.6) is 0 Å². The monoisotopic (exact) mass is 506 g/mol. The topological polar surface area (TPSA) is 97.8 Å². The predicted molar refractivity (Wildman–Crippen MR) is 134 cm³/mol. The van der Waals surface area contributed by atoms with E-state index in [2.05, 4.69) is 0 Å². The van der Waals surface area contributed by atoms with E-state index in [4.69, 9.17) is 16.0 Å². The summed E-state index contributed by atoms with van der Waals surface area (Å²) in [4.78, 5) is 55.0. The van der Waals surface area contributed by atoms with Gasteiger partial charge in [-0.3, -0.25) is 28.3 Å². The van der Waals surface area contributed by atoms with Crippen molar-refractivity contribution >= 4 is 34.4 Å². The molecule has 1 saturated heterocycles. The Hall–Kier alpha value is -4.11. The molecule has 5 rings (SSSR count). The Kier molecular flexibility index (Phi) is 6.47. The lowest BCUT2D eigenvalue weighted by Crippen LogP contribution is -2.52. The second-order valence-electron chi connectivity index (χ2n) is 8.55. The molecule has 2 amide bonds. The third-order valence-corrected chi connectivity index (χ3v) is 6.59. The van der Waals surface area contributed by atoms with Gasteiger partial charge in [-0.1, -0.05) is 35.9 Å². The molecule has 0 N–H and O–H groups in total. The number of piperazine rings is 1. The minimum Gasteiger partial charge on any atom is -0.459 e. The van der Waals surface area contributed by atoms with Crippen molar-refractivity contribution in [1.29, 1.82) is 0 Å². The SMILES string of the molecule is O=C(Cn1c(=O)c(=O)n(Cc2ccc(Cl)cc2)c2ccccc21)N1CCN(C(=O)c2ccco2)CC1. The molecule has 4 aromatic rings. The van der Waals surface area contributed by atoms with Crippen molar-refractivity contribution in [1.82, 2.24) is 18.9 Å². The quantitative estimate of drug-likeness (QED) is 0.387. The van der Waals surface area contributed by atoms with Gasteiger partial charge in [0.1, 0.15) is 6.54 Å². The number of aromatic nitrogens is 2. The number of halogens is 1. The molecular weight excluding hydrogens is 484 g/mol. The van der Waals surface area contributed by atoms with Crippen LogP contribution >= 0.6 is 11.6 Å². The summed E-state index contributed by atoms with van der Waals surface area (Å²) < 4.78 is 7.82. The maximum atomic E-state index is 13.1. The maximum Gasteiger partial charge on any atom is 0.317 e. The first-order valence-corrected chi connectivity index (χ1v) is 11.9. The molecule has 10 heteroatoms. The lowest BCUT2D eigenvalue weighted by atomic mass is 10.2. The van der Waals surface area contributed by atoms with Crippen LogP contribution in [-0.2, 0) is 17.9 Å². The van der Waals surface area contributed by atoms with Crippen molar-refractivity contribution in [3.63, 3.8) is 0 Å². The smallest absolute Gasteiger partial charge is 0.317 e. The fraction of sp³-hybridized carbons (Fsp3) is 0.231. The first-order valence-electron chi connectivity index (χ1n) is 11.5. The van der Waals surface area contributed by atoms with E-state index in [-0.39, 0.29) is 30.7 Å². The van der Waals surface area contributed by atoms with Crippen LogP contribution in [0.15, 0.2) is 80.9 Å². The summed E-state index contributed by atoms with van der Waals surface area (Å²) in [6, 6.07) is 17.3. The fourth-order valence-corrected chi connectivity index (χ4v) is 4.53. The van der Waals surface area contributed by atoms with E-state index in [0.29, 0.717) is 42.2 Å². The summed E-state index contributed by atoms with van der Waals surface area (Å²) in [5.74, 6) is -0.257. The molecule has 3 heterocycles. The number of carbonyl (C=O) groups excluding carboxylic acids is 2. The van der Waals surface area contributed by atoms with E-state index in [1.807, 2.05) is 0 Å². The summed E-state index contributed by atoms with van der Waals surface area (Å²) in [7, 11) is 0. The van der Waals surface area contributed by atoms with Gasteiger partial charge in [0.15, 0.2) is 5.76 Å². The molecule has 2 aromatic heterocycles. The molecule has 9 nitrogen and oxygen atoms in total. The summed E-state index contributed by atoms with van der Waals surface area (Å²) in [5, 5.41) is 0.580. The average Bonchev–Trinajstić information content (AvgIpc) is 3.45. The molecule has 0 saturated carbocycles. The number of para-hydroxylation sites is 2. The van der Waals surface area contributed by atoms with Crippen LogP contribution in [0, 0.1) is 0 Å². The predicted octanol–water partition coefficient (Wildman–Crippen LogP) is 2.44. The number of furan rings is 1. The Labute approximate surface area is 210 Å². The van der Waals surface area contributed by atoms with Crippen molar-refractivity contribution in [2.75, 3.05) is 26.2 Å². The number of benzene rings is 2. The summed E-state index contributed by atoms with van der Waals surface area (Å²) in [6.45, 7) is 1.29. The van der Waals surface area contributed by atoms with Gasteiger partial charge >= 0.3 is 11.1 Å². The minimum absolute atomic E-state index is 0.201. The van der Waals surface area contributed by atoms with Crippen molar-refractivity contribution < 1.29 is 14.0 Å². The number of amides is 2. The molecule has 1 fully saturated rings. The molecular formula is C26H23ClN4O5. The second kappa shape index (κ2) is 9.87. The first kappa shape index (κ1) is 23.6. The van der Waals surface area contributed by atoms with E-state index in [0.717, 1.165) is 5.56 Å². The lowest BCUT2D eigenvalue weighted by Gasteiger charge is -2.34. The Bertz CT molecular complexity index is 1530. The van der Waals surface area contributed by atoms with Crippen LogP contribution in [0.1, 0.15) is 16.1 Å². The highest BCUT2D eigenvalue weighted by molar-refractivity contribution is 6.30. The van der Waals surface area contributed by atoms with Crippen LogP contribution in [0.25, 0.3) is 11.0 Å². The molecule has 0 spiro atoms. The van der Waals surface area contributed by atoms with E-state index >= 15 is 0 Å². The van der Waals surface area contributed by atoms with E-state index in [9.17, 15) is 19.2 Å². The zero-order chi connectivity index (χ0) is 25.2. The summed E-state index contributed by atoms with van der Waals surface area (Å²) in [6.07, 6.45) is 1.44. The van der Waals surface area contributed by atoms with Gasteiger partial charge in [-0.25, -0.2) is 0 Å². The molecule has 0 aliphatic carbocycles. The second-order valence-corrected chi connectivity index (χ2v) is 8.98. The van der Waals surface area contributed by atoms with Crippen molar-refractivity contribution in [2.24, 2.45) is 0 Å². The highest BCUT2D eigenvalue weighted by Gasteiger charge is 2.27. The normalized spacial score (nSPS) is 13.8. The Morgan fingerprint density at radius 1 is 0.778 bits per heavy atom. The largest absolute Gasteiger partial charge is 0.459 e. The zero-order valence-electron chi connectivity index (χ0n) is 19.3. The van der Waals surface area contributed by atoms with Crippen LogP contribution in [-0.4, -0.2) is 56.9 Å². The van der Waals surface area contributed by atoms with E-state index in [1.165, 1.54) is 15.4 Å². The van der Waals surface area contributed by atoms with Crippen molar-refractivity contribution in [3.8, 4) is 0 Å². The van der Waals surface area contributed by atoms with Gasteiger partial charge < -0.3 is 14.2 Å². The van der Waals surface area contributed by atoms with Gasteiger partial charge in [0.2, 0.25) is 5.91 Å². The van der Waals surface area contributed by atoms with Crippen LogP contribution in [0.2, 0.25) is 5.02 Å². The maximum absolute atomic E-state index is 13.1. The van der Waals surface area contributed by atoms with Gasteiger partial charge in [0.25, 0.3) is 5.91 Å². The first-order chi connectivity index (χ1) is 17.4. The van der Waals surface area contributed by atoms with Crippen molar-refractivity contribution in [3.05, 3.63) is 104 Å². The van der Waals surface area contributed by atoms with E-state index in [1.54, 1.807) is 70.5 Å². The molecule has 1 aliphatic rings.